The Balaban J connectivity index is 2.42. The number of nitrogens with one attached hydrogen (secondary N) is 1. The van der Waals surface area contributed by atoms with Crippen molar-refractivity contribution in [3.05, 3.63) is 59.7 Å². The van der Waals surface area contributed by atoms with Crippen LogP contribution in [0.3, 0.4) is 0 Å². The minimum atomic E-state index is -0.0484. The zero-order valence-corrected chi connectivity index (χ0v) is 10.0. The summed E-state index contributed by atoms with van der Waals surface area (Å²) < 4.78 is 0. The van der Waals surface area contributed by atoms with Crippen molar-refractivity contribution in [2.45, 2.75) is 6.92 Å². The molecule has 0 aromatic heterocycles. The molecule has 2 heteroatoms. The van der Waals surface area contributed by atoms with Gasteiger partial charge in [0.05, 0.1) is 0 Å². The highest BCUT2D eigenvalue weighted by Gasteiger charge is 2.06. The third-order valence-electron chi connectivity index (χ3n) is 2.80. The molecular formula is C15H15NO. The molecule has 0 bridgehead atoms. The summed E-state index contributed by atoms with van der Waals surface area (Å²) in [5.74, 6) is -0.0484. The van der Waals surface area contributed by atoms with E-state index >= 15 is 0 Å². The number of benzene rings is 2. The van der Waals surface area contributed by atoms with Crippen molar-refractivity contribution in [3.8, 4) is 11.1 Å². The van der Waals surface area contributed by atoms with Gasteiger partial charge in [0, 0.05) is 12.6 Å². The van der Waals surface area contributed by atoms with E-state index in [9.17, 15) is 4.79 Å². The van der Waals surface area contributed by atoms with Gasteiger partial charge in [0.2, 0.25) is 0 Å². The molecule has 0 saturated carbocycles. The molecule has 0 unspecified atom stereocenters. The maximum Gasteiger partial charge on any atom is 0.251 e. The summed E-state index contributed by atoms with van der Waals surface area (Å²) in [6, 6.07) is 15.9. The second-order valence-electron chi connectivity index (χ2n) is 3.97. The van der Waals surface area contributed by atoms with Gasteiger partial charge in [-0.3, -0.25) is 4.79 Å². The first-order valence-electron chi connectivity index (χ1n) is 5.60. The molecule has 2 rings (SSSR count). The molecule has 0 atom stereocenters. The van der Waals surface area contributed by atoms with Crippen LogP contribution >= 0.6 is 0 Å². The fraction of sp³-hybridized carbons (Fsp3) is 0.133. The van der Waals surface area contributed by atoms with Crippen LogP contribution in [0, 0.1) is 6.92 Å². The third kappa shape index (κ3) is 2.36. The van der Waals surface area contributed by atoms with Crippen molar-refractivity contribution in [2.24, 2.45) is 0 Å². The number of carbonyl (C=O) groups is 1. The fourth-order valence-electron chi connectivity index (χ4n) is 1.89. The molecule has 2 aromatic carbocycles. The van der Waals surface area contributed by atoms with Gasteiger partial charge in [0.15, 0.2) is 0 Å². The van der Waals surface area contributed by atoms with Crippen LogP contribution in [0.4, 0.5) is 0 Å². The van der Waals surface area contributed by atoms with Crippen LogP contribution in [0.5, 0.6) is 0 Å². The minimum absolute atomic E-state index is 0.0484. The van der Waals surface area contributed by atoms with E-state index < -0.39 is 0 Å². The lowest BCUT2D eigenvalue weighted by molar-refractivity contribution is 0.0963. The Bertz CT molecular complexity index is 532. The van der Waals surface area contributed by atoms with Crippen molar-refractivity contribution in [1.82, 2.24) is 5.32 Å². The molecule has 1 N–H and O–H groups in total. The Morgan fingerprint density at radius 1 is 1.06 bits per heavy atom. The number of rotatable bonds is 2. The molecule has 0 heterocycles. The molecular weight excluding hydrogens is 210 g/mol. The lowest BCUT2D eigenvalue weighted by atomic mass is 9.98. The summed E-state index contributed by atoms with van der Waals surface area (Å²) in [4.78, 5) is 11.5. The largest absolute Gasteiger partial charge is 0.355 e. The number of hydrogen-bond acceptors (Lipinski definition) is 1. The molecule has 0 aliphatic carbocycles. The van der Waals surface area contributed by atoms with Crippen LogP contribution in [0.25, 0.3) is 11.1 Å². The lowest BCUT2D eigenvalue weighted by Crippen LogP contribution is -2.17. The van der Waals surface area contributed by atoms with Crippen LogP contribution in [0.15, 0.2) is 48.5 Å². The van der Waals surface area contributed by atoms with Crippen LogP contribution in [0.1, 0.15) is 15.9 Å². The molecule has 0 spiro atoms. The summed E-state index contributed by atoms with van der Waals surface area (Å²) in [5, 5.41) is 2.63. The van der Waals surface area contributed by atoms with E-state index in [1.54, 1.807) is 7.05 Å². The summed E-state index contributed by atoms with van der Waals surface area (Å²) in [6.45, 7) is 2.02. The lowest BCUT2D eigenvalue weighted by Gasteiger charge is -2.08. The zero-order chi connectivity index (χ0) is 12.3. The predicted molar refractivity (Wildman–Crippen MR) is 70.0 cm³/mol. The number of hydrogen-bond donors (Lipinski definition) is 1. The average molecular weight is 225 g/mol. The first kappa shape index (κ1) is 11.4. The Labute approximate surface area is 101 Å². The summed E-state index contributed by atoms with van der Waals surface area (Å²) in [6.07, 6.45) is 0. The van der Waals surface area contributed by atoms with Gasteiger partial charge in [-0.05, 0) is 35.7 Å². The number of amides is 1. The smallest absolute Gasteiger partial charge is 0.251 e. The Hall–Kier alpha value is -2.09. The van der Waals surface area contributed by atoms with Crippen LogP contribution < -0.4 is 5.32 Å². The SMILES string of the molecule is CNC(=O)c1ccc(-c2ccccc2)c(C)c1. The molecule has 2 nitrogen and oxygen atoms in total. The Kier molecular flexibility index (Phi) is 3.24. The molecule has 86 valence electrons. The number of carbonyl (C=O) groups excluding carboxylic acids is 1. The maximum absolute atomic E-state index is 11.5. The molecule has 17 heavy (non-hydrogen) atoms. The second kappa shape index (κ2) is 4.83. The molecule has 1 amide bonds. The number of aryl methyl sites for hydroxylation is 1. The average Bonchev–Trinajstić information content (AvgIpc) is 2.38. The Morgan fingerprint density at radius 3 is 2.35 bits per heavy atom. The van der Waals surface area contributed by atoms with Gasteiger partial charge in [-0.1, -0.05) is 36.4 Å². The fourth-order valence-corrected chi connectivity index (χ4v) is 1.89. The standard InChI is InChI=1S/C15H15NO/c1-11-10-13(15(17)16-2)8-9-14(11)12-6-4-3-5-7-12/h3-10H,1-2H3,(H,16,17). The van der Waals surface area contributed by atoms with Crippen molar-refractivity contribution in [1.29, 1.82) is 0 Å². The first-order valence-corrected chi connectivity index (χ1v) is 5.60. The molecule has 2 aromatic rings. The molecule has 0 saturated heterocycles. The summed E-state index contributed by atoms with van der Waals surface area (Å²) >= 11 is 0. The van der Waals surface area contributed by atoms with Gasteiger partial charge in [-0.2, -0.15) is 0 Å². The minimum Gasteiger partial charge on any atom is -0.355 e. The van der Waals surface area contributed by atoms with E-state index in [2.05, 4.69) is 17.4 Å². The quantitative estimate of drug-likeness (QED) is 0.836. The molecule has 0 radical (unpaired) electrons. The highest BCUT2D eigenvalue weighted by atomic mass is 16.1. The van der Waals surface area contributed by atoms with E-state index in [1.807, 2.05) is 43.3 Å². The van der Waals surface area contributed by atoms with Crippen molar-refractivity contribution in [3.63, 3.8) is 0 Å². The normalized spacial score (nSPS) is 10.0. The summed E-state index contributed by atoms with van der Waals surface area (Å²) in [7, 11) is 1.64. The van der Waals surface area contributed by atoms with Gasteiger partial charge in [-0.15, -0.1) is 0 Å². The van der Waals surface area contributed by atoms with Gasteiger partial charge < -0.3 is 5.32 Å². The molecule has 0 aliphatic heterocycles. The van der Waals surface area contributed by atoms with E-state index in [4.69, 9.17) is 0 Å². The van der Waals surface area contributed by atoms with E-state index in [-0.39, 0.29) is 5.91 Å². The second-order valence-corrected chi connectivity index (χ2v) is 3.97. The van der Waals surface area contributed by atoms with Crippen LogP contribution in [0.2, 0.25) is 0 Å². The van der Waals surface area contributed by atoms with E-state index in [1.165, 1.54) is 11.1 Å². The van der Waals surface area contributed by atoms with Crippen molar-refractivity contribution in [2.75, 3.05) is 7.05 Å². The molecule has 0 aliphatic rings. The zero-order valence-electron chi connectivity index (χ0n) is 10.0. The van der Waals surface area contributed by atoms with Gasteiger partial charge in [-0.25, -0.2) is 0 Å². The van der Waals surface area contributed by atoms with Gasteiger partial charge in [0.25, 0.3) is 5.91 Å². The maximum atomic E-state index is 11.5. The van der Waals surface area contributed by atoms with Crippen LogP contribution in [-0.4, -0.2) is 13.0 Å². The Morgan fingerprint density at radius 2 is 1.76 bits per heavy atom. The first-order chi connectivity index (χ1) is 8.22. The third-order valence-corrected chi connectivity index (χ3v) is 2.80. The molecule has 0 fully saturated rings. The van der Waals surface area contributed by atoms with Crippen molar-refractivity contribution < 1.29 is 4.79 Å². The predicted octanol–water partition coefficient (Wildman–Crippen LogP) is 3.02. The highest BCUT2D eigenvalue weighted by molar-refractivity contribution is 5.94. The van der Waals surface area contributed by atoms with Crippen LogP contribution in [-0.2, 0) is 0 Å². The highest BCUT2D eigenvalue weighted by Crippen LogP contribution is 2.23. The van der Waals surface area contributed by atoms with Crippen molar-refractivity contribution >= 4 is 5.91 Å². The van der Waals surface area contributed by atoms with Gasteiger partial charge in [0.1, 0.15) is 0 Å². The monoisotopic (exact) mass is 225 g/mol. The van der Waals surface area contributed by atoms with E-state index in [0.717, 1.165) is 5.56 Å². The van der Waals surface area contributed by atoms with E-state index in [0.29, 0.717) is 5.56 Å². The summed E-state index contributed by atoms with van der Waals surface area (Å²) in [5.41, 5.74) is 4.15. The van der Waals surface area contributed by atoms with Gasteiger partial charge >= 0.3 is 0 Å². The topological polar surface area (TPSA) is 29.1 Å².